The summed E-state index contributed by atoms with van der Waals surface area (Å²) < 4.78 is 38.2. The minimum atomic E-state index is -4.45. The van der Waals surface area contributed by atoms with Crippen molar-refractivity contribution in [3.63, 3.8) is 0 Å². The Labute approximate surface area is 114 Å². The highest BCUT2D eigenvalue weighted by atomic mass is 19.4. The first-order chi connectivity index (χ1) is 9.31. The van der Waals surface area contributed by atoms with E-state index < -0.39 is 17.7 Å². The van der Waals surface area contributed by atoms with Crippen molar-refractivity contribution in [1.82, 2.24) is 0 Å². The monoisotopic (exact) mass is 285 g/mol. The van der Waals surface area contributed by atoms with Gasteiger partial charge < -0.3 is 10.0 Å². The van der Waals surface area contributed by atoms with Crippen LogP contribution in [0.2, 0.25) is 0 Å². The van der Waals surface area contributed by atoms with Gasteiger partial charge in [-0.1, -0.05) is 6.42 Å². The van der Waals surface area contributed by atoms with E-state index in [1.807, 2.05) is 0 Å². The van der Waals surface area contributed by atoms with Crippen LogP contribution >= 0.6 is 0 Å². The molecule has 3 rings (SSSR count). The second-order valence-corrected chi connectivity index (χ2v) is 5.74. The van der Waals surface area contributed by atoms with Crippen molar-refractivity contribution in [2.24, 2.45) is 5.41 Å². The molecule has 20 heavy (non-hydrogen) atoms. The maximum atomic E-state index is 12.7. The number of anilines is 1. The fraction of sp³-hybridized carbons (Fsp3) is 0.500. The Bertz CT molecular complexity index is 556. The van der Waals surface area contributed by atoms with Gasteiger partial charge in [0.15, 0.2) is 0 Å². The van der Waals surface area contributed by atoms with Gasteiger partial charge in [-0.15, -0.1) is 0 Å². The number of halogens is 3. The lowest BCUT2D eigenvalue weighted by atomic mass is 9.63. The summed E-state index contributed by atoms with van der Waals surface area (Å²) in [5.41, 5.74) is -0.451. The van der Waals surface area contributed by atoms with Gasteiger partial charge in [-0.25, -0.2) is 4.79 Å². The molecule has 1 aromatic rings. The quantitative estimate of drug-likeness (QED) is 0.905. The maximum absolute atomic E-state index is 12.7. The highest BCUT2D eigenvalue weighted by Gasteiger charge is 2.48. The Kier molecular flexibility index (Phi) is 2.74. The lowest BCUT2D eigenvalue weighted by Gasteiger charge is -2.57. The van der Waals surface area contributed by atoms with Gasteiger partial charge in [-0.3, -0.25) is 0 Å². The molecule has 0 atom stereocenters. The summed E-state index contributed by atoms with van der Waals surface area (Å²) >= 11 is 0. The number of nitrogens with zero attached hydrogens (tertiary/aromatic N) is 1. The second kappa shape index (κ2) is 4.14. The minimum Gasteiger partial charge on any atom is -0.478 e. The summed E-state index contributed by atoms with van der Waals surface area (Å²) in [4.78, 5) is 12.9. The number of alkyl halides is 3. The van der Waals surface area contributed by atoms with Gasteiger partial charge in [0, 0.05) is 18.5 Å². The molecule has 3 nitrogen and oxygen atoms in total. The standard InChI is InChI=1S/C14H14F3NO2/c15-14(16,17)9-2-3-10(12(19)20)11(6-9)18-7-13(8-18)4-1-5-13/h2-3,6H,1,4-5,7-8H2,(H,19,20). The van der Waals surface area contributed by atoms with Gasteiger partial charge in [0.05, 0.1) is 16.8 Å². The fourth-order valence-electron chi connectivity index (χ4n) is 3.08. The first-order valence-electron chi connectivity index (χ1n) is 6.50. The number of carboxylic acids is 1. The Morgan fingerprint density at radius 2 is 1.90 bits per heavy atom. The Morgan fingerprint density at radius 3 is 2.35 bits per heavy atom. The van der Waals surface area contributed by atoms with E-state index in [2.05, 4.69) is 0 Å². The van der Waals surface area contributed by atoms with Crippen LogP contribution in [0.1, 0.15) is 35.2 Å². The van der Waals surface area contributed by atoms with Crippen LogP contribution in [0.15, 0.2) is 18.2 Å². The zero-order chi connectivity index (χ0) is 14.5. The zero-order valence-electron chi connectivity index (χ0n) is 10.7. The van der Waals surface area contributed by atoms with Crippen molar-refractivity contribution in [3.8, 4) is 0 Å². The minimum absolute atomic E-state index is 0.0628. The third-order valence-electron chi connectivity index (χ3n) is 4.36. The van der Waals surface area contributed by atoms with E-state index in [0.29, 0.717) is 13.1 Å². The SMILES string of the molecule is O=C(O)c1ccc(C(F)(F)F)cc1N1CC2(CCC2)C1. The molecule has 1 N–H and O–H groups in total. The fourth-order valence-corrected chi connectivity index (χ4v) is 3.08. The van der Waals surface area contributed by atoms with Crippen LogP contribution in [0.4, 0.5) is 18.9 Å². The van der Waals surface area contributed by atoms with E-state index in [9.17, 15) is 18.0 Å². The highest BCUT2D eigenvalue weighted by molar-refractivity contribution is 5.95. The largest absolute Gasteiger partial charge is 0.478 e. The number of benzene rings is 1. The molecule has 2 aliphatic rings. The van der Waals surface area contributed by atoms with Crippen molar-refractivity contribution in [2.75, 3.05) is 18.0 Å². The smallest absolute Gasteiger partial charge is 0.416 e. The van der Waals surface area contributed by atoms with Crippen molar-refractivity contribution >= 4 is 11.7 Å². The van der Waals surface area contributed by atoms with Gasteiger partial charge >= 0.3 is 12.1 Å². The summed E-state index contributed by atoms with van der Waals surface area (Å²) in [5, 5.41) is 9.12. The van der Waals surface area contributed by atoms with Crippen LogP contribution in [-0.4, -0.2) is 24.2 Å². The number of carboxylic acid groups (broad SMARTS) is 1. The lowest BCUT2D eigenvalue weighted by molar-refractivity contribution is -0.137. The van der Waals surface area contributed by atoms with Gasteiger partial charge in [-0.05, 0) is 31.0 Å². The normalized spacial score (nSPS) is 20.4. The Hall–Kier alpha value is -1.72. The molecule has 0 radical (unpaired) electrons. The molecule has 0 amide bonds. The van der Waals surface area contributed by atoms with Crippen LogP contribution in [-0.2, 0) is 6.18 Å². The summed E-state index contributed by atoms with van der Waals surface area (Å²) in [5.74, 6) is -1.19. The van der Waals surface area contributed by atoms with E-state index in [1.54, 1.807) is 4.90 Å². The molecule has 2 fully saturated rings. The molecule has 108 valence electrons. The van der Waals surface area contributed by atoms with Crippen LogP contribution < -0.4 is 4.90 Å². The number of aromatic carboxylic acids is 1. The van der Waals surface area contributed by atoms with Crippen molar-refractivity contribution in [1.29, 1.82) is 0 Å². The zero-order valence-corrected chi connectivity index (χ0v) is 10.7. The maximum Gasteiger partial charge on any atom is 0.416 e. The molecule has 1 saturated heterocycles. The molecule has 0 aromatic heterocycles. The van der Waals surface area contributed by atoms with Gasteiger partial charge in [0.25, 0.3) is 0 Å². The van der Waals surface area contributed by atoms with Crippen LogP contribution in [0.25, 0.3) is 0 Å². The molecule has 0 bridgehead atoms. The lowest BCUT2D eigenvalue weighted by Crippen LogP contribution is -2.60. The van der Waals surface area contributed by atoms with Crippen LogP contribution in [0.5, 0.6) is 0 Å². The third kappa shape index (κ3) is 2.03. The number of hydrogen-bond acceptors (Lipinski definition) is 2. The second-order valence-electron chi connectivity index (χ2n) is 5.74. The van der Waals surface area contributed by atoms with E-state index >= 15 is 0 Å². The van der Waals surface area contributed by atoms with Gasteiger partial charge in [0.1, 0.15) is 0 Å². The van der Waals surface area contributed by atoms with Crippen LogP contribution in [0, 0.1) is 5.41 Å². The molecule has 1 aliphatic heterocycles. The molecule has 1 saturated carbocycles. The molecule has 6 heteroatoms. The topological polar surface area (TPSA) is 40.5 Å². The van der Waals surface area contributed by atoms with Gasteiger partial charge in [-0.2, -0.15) is 13.2 Å². The Balaban J connectivity index is 1.92. The molecule has 0 unspecified atom stereocenters. The predicted octanol–water partition coefficient (Wildman–Crippen LogP) is 3.39. The van der Waals surface area contributed by atoms with E-state index in [-0.39, 0.29) is 16.7 Å². The molecule has 1 aliphatic carbocycles. The molecule has 1 spiro atoms. The number of hydrogen-bond donors (Lipinski definition) is 1. The average molecular weight is 285 g/mol. The third-order valence-corrected chi connectivity index (χ3v) is 4.36. The van der Waals surface area contributed by atoms with E-state index in [1.165, 1.54) is 0 Å². The highest BCUT2D eigenvalue weighted by Crippen LogP contribution is 2.50. The number of carbonyl (C=O) groups is 1. The van der Waals surface area contributed by atoms with Crippen molar-refractivity contribution in [2.45, 2.75) is 25.4 Å². The van der Waals surface area contributed by atoms with Crippen LogP contribution in [0.3, 0.4) is 0 Å². The summed E-state index contributed by atoms with van der Waals surface area (Å²) in [6.45, 7) is 1.32. The molecule has 1 heterocycles. The first-order valence-corrected chi connectivity index (χ1v) is 6.50. The number of rotatable bonds is 2. The summed E-state index contributed by atoms with van der Waals surface area (Å²) in [6, 6.07) is 2.83. The van der Waals surface area contributed by atoms with E-state index in [4.69, 9.17) is 5.11 Å². The Morgan fingerprint density at radius 1 is 1.25 bits per heavy atom. The predicted molar refractivity (Wildman–Crippen MR) is 66.9 cm³/mol. The summed E-state index contributed by atoms with van der Waals surface area (Å²) in [6.07, 6.45) is -1.12. The molecule has 1 aromatic carbocycles. The van der Waals surface area contributed by atoms with Gasteiger partial charge in [0.2, 0.25) is 0 Å². The first kappa shape index (κ1) is 13.3. The van der Waals surface area contributed by atoms with Crippen molar-refractivity contribution in [3.05, 3.63) is 29.3 Å². The molecular formula is C14H14F3NO2. The summed E-state index contributed by atoms with van der Waals surface area (Å²) in [7, 11) is 0. The van der Waals surface area contributed by atoms with Crippen molar-refractivity contribution < 1.29 is 23.1 Å². The average Bonchev–Trinajstić information content (AvgIpc) is 2.23. The van der Waals surface area contributed by atoms with E-state index in [0.717, 1.165) is 37.5 Å². The molecular weight excluding hydrogens is 271 g/mol.